The molecule has 1 rings (SSSR count). The fraction of sp³-hybridized carbons (Fsp3) is 0.385. The van der Waals surface area contributed by atoms with E-state index < -0.39 is 0 Å². The molecular formula is C13H15ClN2O. The van der Waals surface area contributed by atoms with E-state index >= 15 is 0 Å². The van der Waals surface area contributed by atoms with Gasteiger partial charge < -0.3 is 4.74 Å². The van der Waals surface area contributed by atoms with Gasteiger partial charge in [-0.3, -0.25) is 0 Å². The van der Waals surface area contributed by atoms with Crippen molar-refractivity contribution in [3.8, 4) is 6.07 Å². The SMILES string of the molecule is COC(=NC(CCl)CC#N)c1ccc(C)cc1. The predicted octanol–water partition coefficient (Wildman–Crippen LogP) is 2.91. The van der Waals surface area contributed by atoms with Gasteiger partial charge in [0.2, 0.25) is 5.90 Å². The highest BCUT2D eigenvalue weighted by atomic mass is 35.5. The van der Waals surface area contributed by atoms with E-state index in [1.54, 1.807) is 7.11 Å². The van der Waals surface area contributed by atoms with Crippen LogP contribution in [0.2, 0.25) is 0 Å². The second kappa shape index (κ2) is 6.93. The number of ether oxygens (including phenoxy) is 1. The topological polar surface area (TPSA) is 45.4 Å². The molecule has 0 aliphatic heterocycles. The molecule has 0 aromatic heterocycles. The van der Waals surface area contributed by atoms with Crippen LogP contribution in [0.4, 0.5) is 0 Å². The number of nitrogens with zero attached hydrogens (tertiary/aromatic N) is 2. The van der Waals surface area contributed by atoms with Crippen LogP contribution in [0.25, 0.3) is 0 Å². The third-order valence-corrected chi connectivity index (χ3v) is 2.65. The molecule has 0 saturated carbocycles. The summed E-state index contributed by atoms with van der Waals surface area (Å²) in [5.74, 6) is 0.831. The Labute approximate surface area is 107 Å². The van der Waals surface area contributed by atoms with Crippen molar-refractivity contribution in [3.63, 3.8) is 0 Å². The minimum atomic E-state index is -0.224. The molecule has 1 aromatic carbocycles. The van der Waals surface area contributed by atoms with Crippen molar-refractivity contribution in [2.24, 2.45) is 4.99 Å². The van der Waals surface area contributed by atoms with E-state index in [9.17, 15) is 0 Å². The number of rotatable bonds is 4. The van der Waals surface area contributed by atoms with E-state index in [4.69, 9.17) is 21.6 Å². The van der Waals surface area contributed by atoms with E-state index in [1.165, 1.54) is 5.56 Å². The van der Waals surface area contributed by atoms with Gasteiger partial charge in [-0.15, -0.1) is 11.6 Å². The van der Waals surface area contributed by atoms with Gasteiger partial charge in [-0.25, -0.2) is 4.99 Å². The maximum Gasteiger partial charge on any atom is 0.216 e. The van der Waals surface area contributed by atoms with Crippen LogP contribution in [0.5, 0.6) is 0 Å². The quantitative estimate of drug-likeness (QED) is 0.469. The van der Waals surface area contributed by atoms with Crippen molar-refractivity contribution in [1.82, 2.24) is 0 Å². The van der Waals surface area contributed by atoms with Crippen molar-refractivity contribution in [2.75, 3.05) is 13.0 Å². The Hall–Kier alpha value is -1.53. The minimum absolute atomic E-state index is 0.224. The summed E-state index contributed by atoms with van der Waals surface area (Å²) in [5.41, 5.74) is 2.07. The number of aryl methyl sites for hydroxylation is 1. The Morgan fingerprint density at radius 2 is 2.12 bits per heavy atom. The van der Waals surface area contributed by atoms with E-state index in [0.29, 0.717) is 18.2 Å². The highest BCUT2D eigenvalue weighted by Crippen LogP contribution is 2.09. The zero-order chi connectivity index (χ0) is 12.7. The molecule has 0 saturated heterocycles. The molecule has 0 fully saturated rings. The Morgan fingerprint density at radius 1 is 1.47 bits per heavy atom. The molecule has 0 aliphatic rings. The molecule has 17 heavy (non-hydrogen) atoms. The lowest BCUT2D eigenvalue weighted by Crippen LogP contribution is -2.12. The second-order valence-corrected chi connectivity index (χ2v) is 3.98. The lowest BCUT2D eigenvalue weighted by Gasteiger charge is -2.09. The zero-order valence-corrected chi connectivity index (χ0v) is 10.7. The summed E-state index contributed by atoms with van der Waals surface area (Å²) in [4.78, 5) is 4.34. The second-order valence-electron chi connectivity index (χ2n) is 3.67. The fourth-order valence-electron chi connectivity index (χ4n) is 1.35. The lowest BCUT2D eigenvalue weighted by molar-refractivity contribution is 0.400. The molecule has 90 valence electrons. The predicted molar refractivity (Wildman–Crippen MR) is 69.5 cm³/mol. The third kappa shape index (κ3) is 4.08. The van der Waals surface area contributed by atoms with Crippen LogP contribution >= 0.6 is 11.6 Å². The molecule has 0 bridgehead atoms. The van der Waals surface area contributed by atoms with Crippen molar-refractivity contribution in [2.45, 2.75) is 19.4 Å². The monoisotopic (exact) mass is 250 g/mol. The molecule has 0 heterocycles. The van der Waals surface area contributed by atoms with E-state index in [1.807, 2.05) is 31.2 Å². The van der Waals surface area contributed by atoms with Gasteiger partial charge in [-0.2, -0.15) is 5.26 Å². The number of halogens is 1. The van der Waals surface area contributed by atoms with Gasteiger partial charge in [0.1, 0.15) is 0 Å². The van der Waals surface area contributed by atoms with Crippen molar-refractivity contribution in [3.05, 3.63) is 35.4 Å². The fourth-order valence-corrected chi connectivity index (χ4v) is 1.53. The summed E-state index contributed by atoms with van der Waals surface area (Å²) in [6.45, 7) is 2.02. The minimum Gasteiger partial charge on any atom is -0.481 e. The number of methoxy groups -OCH3 is 1. The Bertz CT molecular complexity index is 420. The maximum atomic E-state index is 8.64. The Balaban J connectivity index is 2.94. The average molecular weight is 251 g/mol. The van der Waals surface area contributed by atoms with Crippen LogP contribution in [0.1, 0.15) is 17.5 Å². The van der Waals surface area contributed by atoms with Gasteiger partial charge in [0.15, 0.2) is 0 Å². The molecule has 1 aromatic rings. The van der Waals surface area contributed by atoms with Gasteiger partial charge >= 0.3 is 0 Å². The molecule has 0 aliphatic carbocycles. The first kappa shape index (κ1) is 13.5. The van der Waals surface area contributed by atoms with Crippen LogP contribution in [0.3, 0.4) is 0 Å². The first-order chi connectivity index (χ1) is 8.21. The van der Waals surface area contributed by atoms with Crippen LogP contribution in [-0.2, 0) is 4.74 Å². The van der Waals surface area contributed by atoms with E-state index in [2.05, 4.69) is 11.1 Å². The largest absolute Gasteiger partial charge is 0.481 e. The molecule has 0 amide bonds. The van der Waals surface area contributed by atoms with Crippen LogP contribution in [-0.4, -0.2) is 24.9 Å². The summed E-state index contributed by atoms with van der Waals surface area (Å²) < 4.78 is 5.24. The third-order valence-electron chi connectivity index (χ3n) is 2.30. The van der Waals surface area contributed by atoms with Gasteiger partial charge in [-0.1, -0.05) is 17.7 Å². The summed E-state index contributed by atoms with van der Waals surface area (Å²) in [6, 6.07) is 9.70. The van der Waals surface area contributed by atoms with Crippen LogP contribution in [0, 0.1) is 18.3 Å². The van der Waals surface area contributed by atoms with E-state index in [0.717, 1.165) is 5.56 Å². The summed E-state index contributed by atoms with van der Waals surface area (Å²) in [5, 5.41) is 8.64. The van der Waals surface area contributed by atoms with Crippen molar-refractivity contribution < 1.29 is 4.74 Å². The zero-order valence-electron chi connectivity index (χ0n) is 9.98. The van der Waals surface area contributed by atoms with Crippen LogP contribution < -0.4 is 0 Å². The number of alkyl halides is 1. The molecule has 3 nitrogen and oxygen atoms in total. The molecule has 0 N–H and O–H groups in total. The Kier molecular flexibility index (Phi) is 5.51. The van der Waals surface area contributed by atoms with Gasteiger partial charge in [0.05, 0.1) is 25.6 Å². The van der Waals surface area contributed by atoms with Crippen LogP contribution in [0.15, 0.2) is 29.3 Å². The summed E-state index contributed by atoms with van der Waals surface area (Å²) in [7, 11) is 1.57. The molecular weight excluding hydrogens is 236 g/mol. The molecule has 4 heteroatoms. The van der Waals surface area contributed by atoms with E-state index in [-0.39, 0.29) is 6.04 Å². The van der Waals surface area contributed by atoms with Gasteiger partial charge in [-0.05, 0) is 19.1 Å². The van der Waals surface area contributed by atoms with Crippen molar-refractivity contribution >= 4 is 17.5 Å². The normalized spacial score (nSPS) is 12.9. The maximum absolute atomic E-state index is 8.64. The number of nitriles is 1. The van der Waals surface area contributed by atoms with Crippen molar-refractivity contribution in [1.29, 1.82) is 5.26 Å². The summed E-state index contributed by atoms with van der Waals surface area (Å²) in [6.07, 6.45) is 0.294. The van der Waals surface area contributed by atoms with Gasteiger partial charge in [0.25, 0.3) is 0 Å². The van der Waals surface area contributed by atoms with Gasteiger partial charge in [0, 0.05) is 11.4 Å². The molecule has 1 unspecified atom stereocenters. The lowest BCUT2D eigenvalue weighted by atomic mass is 10.1. The highest BCUT2D eigenvalue weighted by Gasteiger charge is 2.09. The highest BCUT2D eigenvalue weighted by molar-refractivity contribution is 6.18. The number of benzene rings is 1. The number of hydrogen-bond donors (Lipinski definition) is 0. The smallest absolute Gasteiger partial charge is 0.216 e. The molecule has 1 atom stereocenters. The molecule has 0 radical (unpaired) electrons. The number of aliphatic imine (C=N–C) groups is 1. The average Bonchev–Trinajstić information content (AvgIpc) is 2.36. The number of hydrogen-bond acceptors (Lipinski definition) is 3. The summed E-state index contributed by atoms with van der Waals surface area (Å²) >= 11 is 5.75. The first-order valence-electron chi connectivity index (χ1n) is 5.33. The first-order valence-corrected chi connectivity index (χ1v) is 5.86. The Morgan fingerprint density at radius 3 is 2.59 bits per heavy atom. The molecule has 0 spiro atoms. The standard InChI is InChI=1S/C13H15ClN2O/c1-10-3-5-11(6-4-10)13(17-2)16-12(9-14)7-8-15/h3-6,12H,7,9H2,1-2H3.